The molecule has 0 saturated carbocycles. The zero-order chi connectivity index (χ0) is 45.4. The molecular weight excluding hydrogens is 779 g/mol. The number of hydrogen-bond acceptors (Lipinski definition) is 9. The molecule has 0 aromatic carbocycles. The standard InChI is InChI=1S/C53H101NO8/c1-5-9-12-15-18-27-36-46-59-51(56)40-30-23-19-25-33-43-54(45-35-32-41-52(57)61-48-47-60-50(55)37-8-4)44-34-26-20-24-31-42-53(58)62-49(38-28-21-16-13-10-6-2)39-29-22-17-14-11-7-3/h49H,5-48H2,1-4H3. The van der Waals surface area contributed by atoms with Crippen LogP contribution in [0.25, 0.3) is 0 Å². The van der Waals surface area contributed by atoms with Gasteiger partial charge in [0.1, 0.15) is 19.3 Å². The summed E-state index contributed by atoms with van der Waals surface area (Å²) < 4.78 is 21.9. The van der Waals surface area contributed by atoms with Gasteiger partial charge in [-0.3, -0.25) is 19.2 Å². The van der Waals surface area contributed by atoms with E-state index in [0.717, 1.165) is 142 Å². The predicted molar refractivity (Wildman–Crippen MR) is 257 cm³/mol. The molecule has 0 heterocycles. The van der Waals surface area contributed by atoms with Crippen molar-refractivity contribution in [2.45, 2.75) is 278 Å². The number of esters is 4. The molecule has 0 radical (unpaired) electrons. The lowest BCUT2D eigenvalue weighted by atomic mass is 10.0. The molecule has 0 N–H and O–H groups in total. The highest BCUT2D eigenvalue weighted by Crippen LogP contribution is 2.19. The number of carbonyl (C=O) groups is 4. The van der Waals surface area contributed by atoms with Gasteiger partial charge in [0, 0.05) is 25.7 Å². The van der Waals surface area contributed by atoms with Gasteiger partial charge >= 0.3 is 23.9 Å². The maximum atomic E-state index is 12.9. The Balaban J connectivity index is 4.54. The molecule has 366 valence electrons. The molecule has 0 aliphatic carbocycles. The summed E-state index contributed by atoms with van der Waals surface area (Å²) in [6, 6.07) is 0. The second kappa shape index (κ2) is 48.3. The molecule has 0 aliphatic heterocycles. The van der Waals surface area contributed by atoms with Crippen LogP contribution in [0.5, 0.6) is 0 Å². The largest absolute Gasteiger partial charge is 0.466 e. The van der Waals surface area contributed by atoms with Crippen LogP contribution in [0.2, 0.25) is 0 Å². The summed E-state index contributed by atoms with van der Waals surface area (Å²) in [5.74, 6) is -0.539. The summed E-state index contributed by atoms with van der Waals surface area (Å²) in [4.78, 5) is 51.3. The van der Waals surface area contributed by atoms with E-state index in [9.17, 15) is 19.2 Å². The van der Waals surface area contributed by atoms with Crippen LogP contribution >= 0.6 is 0 Å². The maximum Gasteiger partial charge on any atom is 0.306 e. The van der Waals surface area contributed by atoms with E-state index >= 15 is 0 Å². The highest BCUT2D eigenvalue weighted by molar-refractivity contribution is 5.70. The lowest BCUT2D eigenvalue weighted by Crippen LogP contribution is -2.27. The topological polar surface area (TPSA) is 108 Å². The first-order valence-electron chi connectivity index (χ1n) is 26.7. The number of rotatable bonds is 49. The van der Waals surface area contributed by atoms with Crippen LogP contribution in [0.4, 0.5) is 0 Å². The normalized spacial score (nSPS) is 11.4. The van der Waals surface area contributed by atoms with Crippen molar-refractivity contribution in [1.82, 2.24) is 4.90 Å². The second-order valence-corrected chi connectivity index (χ2v) is 18.1. The summed E-state index contributed by atoms with van der Waals surface area (Å²) in [5, 5.41) is 0. The number of nitrogens with zero attached hydrogens (tertiary/aromatic N) is 1. The molecule has 0 aliphatic rings. The third-order valence-corrected chi connectivity index (χ3v) is 11.9. The highest BCUT2D eigenvalue weighted by atomic mass is 16.6. The number of unbranched alkanes of at least 4 members (excludes halogenated alkanes) is 25. The molecule has 0 aromatic heterocycles. The van der Waals surface area contributed by atoms with Crippen molar-refractivity contribution < 1.29 is 38.1 Å². The van der Waals surface area contributed by atoms with Gasteiger partial charge in [0.05, 0.1) is 6.61 Å². The van der Waals surface area contributed by atoms with Crippen molar-refractivity contribution >= 4 is 23.9 Å². The van der Waals surface area contributed by atoms with Crippen molar-refractivity contribution in [3.63, 3.8) is 0 Å². The number of carbonyl (C=O) groups excluding carboxylic acids is 4. The number of hydrogen-bond donors (Lipinski definition) is 0. The van der Waals surface area contributed by atoms with Crippen LogP contribution in [0.1, 0.15) is 272 Å². The molecule has 0 spiro atoms. The second-order valence-electron chi connectivity index (χ2n) is 18.1. The van der Waals surface area contributed by atoms with Crippen LogP contribution < -0.4 is 0 Å². The van der Waals surface area contributed by atoms with Crippen LogP contribution in [0.3, 0.4) is 0 Å². The Morgan fingerprint density at radius 1 is 0.323 bits per heavy atom. The predicted octanol–water partition coefficient (Wildman–Crippen LogP) is 14.7. The van der Waals surface area contributed by atoms with E-state index in [4.69, 9.17) is 18.9 Å². The van der Waals surface area contributed by atoms with Gasteiger partial charge in [0.25, 0.3) is 0 Å². The average Bonchev–Trinajstić information content (AvgIpc) is 3.26. The van der Waals surface area contributed by atoms with Crippen molar-refractivity contribution in [3.8, 4) is 0 Å². The first-order chi connectivity index (χ1) is 30.4. The minimum Gasteiger partial charge on any atom is -0.466 e. The fraction of sp³-hybridized carbons (Fsp3) is 0.925. The Morgan fingerprint density at radius 2 is 0.645 bits per heavy atom. The Labute approximate surface area is 383 Å². The van der Waals surface area contributed by atoms with Gasteiger partial charge in [-0.2, -0.15) is 0 Å². The maximum absolute atomic E-state index is 12.9. The van der Waals surface area contributed by atoms with E-state index in [1.165, 1.54) is 96.3 Å². The van der Waals surface area contributed by atoms with E-state index in [1.54, 1.807) is 0 Å². The van der Waals surface area contributed by atoms with Crippen molar-refractivity contribution in [3.05, 3.63) is 0 Å². The summed E-state index contributed by atoms with van der Waals surface area (Å²) in [5.41, 5.74) is 0. The van der Waals surface area contributed by atoms with E-state index in [-0.39, 0.29) is 43.2 Å². The molecule has 0 amide bonds. The van der Waals surface area contributed by atoms with E-state index < -0.39 is 0 Å². The summed E-state index contributed by atoms with van der Waals surface area (Å²) in [6.07, 6.45) is 40.9. The Hall–Kier alpha value is -2.16. The minimum atomic E-state index is -0.251. The Bertz CT molecular complexity index is 990. The van der Waals surface area contributed by atoms with Gasteiger partial charge in [0.2, 0.25) is 0 Å². The van der Waals surface area contributed by atoms with Crippen molar-refractivity contribution in [1.29, 1.82) is 0 Å². The smallest absolute Gasteiger partial charge is 0.306 e. The molecule has 0 saturated heterocycles. The molecule has 0 atom stereocenters. The van der Waals surface area contributed by atoms with Crippen LogP contribution in [0.15, 0.2) is 0 Å². The molecule has 0 rings (SSSR count). The average molecular weight is 880 g/mol. The first kappa shape index (κ1) is 59.8. The SMILES string of the molecule is CCCCCCCCCOC(=O)CCCCCCCN(CCCCCCCC(=O)OC(CCCCCCCC)CCCCCCCC)CCCCC(=O)OCCOC(=O)CCC. The van der Waals surface area contributed by atoms with E-state index in [0.29, 0.717) is 32.3 Å². The molecule has 9 nitrogen and oxygen atoms in total. The lowest BCUT2D eigenvalue weighted by molar-refractivity contribution is -0.152. The minimum absolute atomic E-state index is 0.00355. The van der Waals surface area contributed by atoms with Gasteiger partial charge in [-0.05, 0) is 96.7 Å². The van der Waals surface area contributed by atoms with E-state index in [2.05, 4.69) is 25.7 Å². The highest BCUT2D eigenvalue weighted by Gasteiger charge is 2.15. The molecule has 0 fully saturated rings. The van der Waals surface area contributed by atoms with E-state index in [1.807, 2.05) is 6.92 Å². The lowest BCUT2D eigenvalue weighted by Gasteiger charge is -2.22. The molecule has 0 unspecified atom stereocenters. The molecule has 0 bridgehead atoms. The first-order valence-corrected chi connectivity index (χ1v) is 26.7. The zero-order valence-electron chi connectivity index (χ0n) is 41.4. The van der Waals surface area contributed by atoms with Crippen LogP contribution in [0, 0.1) is 0 Å². The van der Waals surface area contributed by atoms with Gasteiger partial charge < -0.3 is 23.8 Å². The monoisotopic (exact) mass is 880 g/mol. The Kier molecular flexibility index (Phi) is 46.6. The van der Waals surface area contributed by atoms with Crippen molar-refractivity contribution in [2.75, 3.05) is 39.5 Å². The summed E-state index contributed by atoms with van der Waals surface area (Å²) >= 11 is 0. The van der Waals surface area contributed by atoms with Gasteiger partial charge in [0.15, 0.2) is 0 Å². The fourth-order valence-electron chi connectivity index (χ4n) is 8.00. The zero-order valence-corrected chi connectivity index (χ0v) is 41.4. The van der Waals surface area contributed by atoms with Gasteiger partial charge in [-0.1, -0.05) is 169 Å². The van der Waals surface area contributed by atoms with Crippen LogP contribution in [-0.4, -0.2) is 74.3 Å². The molecular formula is C53H101NO8. The van der Waals surface area contributed by atoms with Gasteiger partial charge in [-0.25, -0.2) is 0 Å². The summed E-state index contributed by atoms with van der Waals surface area (Å²) in [6.45, 7) is 12.5. The summed E-state index contributed by atoms with van der Waals surface area (Å²) in [7, 11) is 0. The van der Waals surface area contributed by atoms with Gasteiger partial charge in [-0.15, -0.1) is 0 Å². The van der Waals surface area contributed by atoms with Crippen molar-refractivity contribution in [2.24, 2.45) is 0 Å². The molecule has 0 aromatic rings. The quantitative estimate of drug-likeness (QED) is 0.0335. The third-order valence-electron chi connectivity index (χ3n) is 11.9. The Morgan fingerprint density at radius 3 is 1.10 bits per heavy atom. The fourth-order valence-corrected chi connectivity index (χ4v) is 8.00. The molecule has 62 heavy (non-hydrogen) atoms. The molecule has 9 heteroatoms. The third kappa shape index (κ3) is 44.4. The number of ether oxygens (including phenoxy) is 4. The van der Waals surface area contributed by atoms with Crippen LogP contribution in [-0.2, 0) is 38.1 Å².